The van der Waals surface area contributed by atoms with Gasteiger partial charge in [-0.15, -0.1) is 0 Å². The SMILES string of the molecule is CCCCCCCCCC[n+]1ccccc1C.CS(=O)(=O)[O-]. The molecule has 1 rings (SSSR count). The van der Waals surface area contributed by atoms with Gasteiger partial charge in [0.2, 0.25) is 0 Å². The van der Waals surface area contributed by atoms with Crippen molar-refractivity contribution in [2.75, 3.05) is 6.26 Å². The van der Waals surface area contributed by atoms with Gasteiger partial charge in [-0.2, -0.15) is 0 Å². The maximum Gasteiger partial charge on any atom is 0.178 e. The van der Waals surface area contributed by atoms with Crippen molar-refractivity contribution in [3.8, 4) is 0 Å². The van der Waals surface area contributed by atoms with Crippen LogP contribution in [0.2, 0.25) is 0 Å². The summed E-state index contributed by atoms with van der Waals surface area (Å²) in [4.78, 5) is 0. The smallest absolute Gasteiger partial charge is 0.178 e. The van der Waals surface area contributed by atoms with E-state index in [0.29, 0.717) is 6.26 Å². The van der Waals surface area contributed by atoms with Crippen LogP contribution in [0.1, 0.15) is 64.0 Å². The molecule has 0 fully saturated rings. The lowest BCUT2D eigenvalue weighted by atomic mass is 10.1. The number of nitrogens with zero attached hydrogens (tertiary/aromatic N) is 1. The van der Waals surface area contributed by atoms with Crippen LogP contribution in [0.3, 0.4) is 0 Å². The van der Waals surface area contributed by atoms with Crippen molar-refractivity contribution in [3.05, 3.63) is 30.1 Å². The van der Waals surface area contributed by atoms with Gasteiger partial charge in [0.25, 0.3) is 0 Å². The van der Waals surface area contributed by atoms with E-state index in [1.165, 1.54) is 63.6 Å². The topological polar surface area (TPSA) is 61.1 Å². The predicted octanol–water partition coefficient (Wildman–Crippen LogP) is 3.58. The molecule has 0 spiro atoms. The van der Waals surface area contributed by atoms with Crippen LogP contribution >= 0.6 is 0 Å². The lowest BCUT2D eigenvalue weighted by molar-refractivity contribution is -0.703. The molecule has 0 aliphatic heterocycles. The average molecular weight is 330 g/mol. The molecule has 0 atom stereocenters. The molecule has 0 unspecified atom stereocenters. The van der Waals surface area contributed by atoms with Crippen molar-refractivity contribution in [1.82, 2.24) is 0 Å². The number of unbranched alkanes of at least 4 members (excludes halogenated alkanes) is 7. The Hall–Kier alpha value is -0.940. The molecular formula is C17H31NO3S. The maximum absolute atomic E-state index is 9.08. The zero-order chi connectivity index (χ0) is 16.8. The van der Waals surface area contributed by atoms with E-state index < -0.39 is 10.1 Å². The van der Waals surface area contributed by atoms with Crippen molar-refractivity contribution >= 4 is 10.1 Å². The Morgan fingerprint density at radius 2 is 1.50 bits per heavy atom. The number of aromatic nitrogens is 1. The molecule has 0 aliphatic rings. The zero-order valence-electron chi connectivity index (χ0n) is 14.3. The fourth-order valence-electron chi connectivity index (χ4n) is 2.23. The molecule has 4 nitrogen and oxygen atoms in total. The summed E-state index contributed by atoms with van der Waals surface area (Å²) < 4.78 is 29.6. The normalized spacial score (nSPS) is 10.9. The lowest BCUT2D eigenvalue weighted by Gasteiger charge is -2.01. The van der Waals surface area contributed by atoms with Crippen LogP contribution in [0.25, 0.3) is 0 Å². The van der Waals surface area contributed by atoms with Gasteiger partial charge in [0.1, 0.15) is 6.54 Å². The molecule has 0 aromatic carbocycles. The van der Waals surface area contributed by atoms with Crippen molar-refractivity contribution < 1.29 is 17.5 Å². The van der Waals surface area contributed by atoms with E-state index >= 15 is 0 Å². The third kappa shape index (κ3) is 15.4. The highest BCUT2D eigenvalue weighted by Gasteiger charge is 2.02. The van der Waals surface area contributed by atoms with Gasteiger partial charge in [-0.05, 0) is 6.42 Å². The average Bonchev–Trinajstić information content (AvgIpc) is 2.42. The van der Waals surface area contributed by atoms with Gasteiger partial charge in [-0.3, -0.25) is 0 Å². The third-order valence-electron chi connectivity index (χ3n) is 3.42. The van der Waals surface area contributed by atoms with Crippen molar-refractivity contribution in [1.29, 1.82) is 0 Å². The van der Waals surface area contributed by atoms with Crippen LogP contribution in [0.15, 0.2) is 24.4 Å². The molecule has 1 heterocycles. The molecule has 22 heavy (non-hydrogen) atoms. The Balaban J connectivity index is 0.000000763. The second kappa shape index (κ2) is 12.6. The van der Waals surface area contributed by atoms with E-state index in [1.54, 1.807) is 0 Å². The largest absolute Gasteiger partial charge is 0.748 e. The fraction of sp³-hybridized carbons (Fsp3) is 0.706. The second-order valence-electron chi connectivity index (χ2n) is 5.71. The van der Waals surface area contributed by atoms with Crippen molar-refractivity contribution in [3.63, 3.8) is 0 Å². The van der Waals surface area contributed by atoms with E-state index in [0.717, 1.165) is 0 Å². The Labute approximate surface area is 136 Å². The van der Waals surface area contributed by atoms with Gasteiger partial charge >= 0.3 is 0 Å². The molecule has 0 saturated heterocycles. The minimum Gasteiger partial charge on any atom is -0.748 e. The molecule has 0 N–H and O–H groups in total. The Bertz CT molecular complexity index is 478. The second-order valence-corrected chi connectivity index (χ2v) is 7.12. The van der Waals surface area contributed by atoms with E-state index in [-0.39, 0.29) is 0 Å². The summed E-state index contributed by atoms with van der Waals surface area (Å²) in [7, 11) is -3.92. The van der Waals surface area contributed by atoms with Crippen LogP contribution in [-0.2, 0) is 16.7 Å². The van der Waals surface area contributed by atoms with Crippen LogP contribution in [0.5, 0.6) is 0 Å². The summed E-state index contributed by atoms with van der Waals surface area (Å²) >= 11 is 0. The minimum absolute atomic E-state index is 0.604. The monoisotopic (exact) mass is 329 g/mol. The Morgan fingerprint density at radius 3 is 2.00 bits per heavy atom. The first kappa shape index (κ1) is 21.1. The summed E-state index contributed by atoms with van der Waals surface area (Å²) in [6.07, 6.45) is 14.0. The summed E-state index contributed by atoms with van der Waals surface area (Å²) in [5.74, 6) is 0. The first-order chi connectivity index (χ1) is 10.3. The summed E-state index contributed by atoms with van der Waals surface area (Å²) in [6.45, 7) is 5.64. The summed E-state index contributed by atoms with van der Waals surface area (Å²) in [5, 5.41) is 0. The van der Waals surface area contributed by atoms with Gasteiger partial charge in [-0.25, -0.2) is 13.0 Å². The molecule has 0 bridgehead atoms. The minimum atomic E-state index is -3.92. The highest BCUT2D eigenvalue weighted by Crippen LogP contribution is 2.08. The molecule has 128 valence electrons. The quantitative estimate of drug-likeness (QED) is 0.395. The summed E-state index contributed by atoms with van der Waals surface area (Å²) in [5.41, 5.74) is 1.37. The predicted molar refractivity (Wildman–Crippen MR) is 89.6 cm³/mol. The molecule has 1 aromatic rings. The highest BCUT2D eigenvalue weighted by molar-refractivity contribution is 7.84. The van der Waals surface area contributed by atoms with E-state index in [2.05, 4.69) is 42.8 Å². The standard InChI is InChI=1S/C16H28N.CH4O3S/c1-3-4-5-6-7-8-9-11-14-17-15-12-10-13-16(17)2;1-5(2,3)4/h10,12-13,15H,3-9,11,14H2,1-2H3;1H3,(H,2,3,4)/q+1;/p-1. The van der Waals surface area contributed by atoms with Crippen LogP contribution < -0.4 is 4.57 Å². The van der Waals surface area contributed by atoms with E-state index in [4.69, 9.17) is 13.0 Å². The van der Waals surface area contributed by atoms with E-state index in [9.17, 15) is 0 Å². The number of rotatable bonds is 9. The highest BCUT2D eigenvalue weighted by atomic mass is 32.2. The molecule has 0 saturated carbocycles. The fourth-order valence-corrected chi connectivity index (χ4v) is 2.23. The molecular weight excluding hydrogens is 298 g/mol. The number of pyridine rings is 1. The molecule has 5 heteroatoms. The van der Waals surface area contributed by atoms with Gasteiger partial charge < -0.3 is 4.55 Å². The Morgan fingerprint density at radius 1 is 1.00 bits per heavy atom. The van der Waals surface area contributed by atoms with Gasteiger partial charge in [0.05, 0.1) is 10.1 Å². The zero-order valence-corrected chi connectivity index (χ0v) is 15.1. The molecule has 0 radical (unpaired) electrons. The lowest BCUT2D eigenvalue weighted by Crippen LogP contribution is -2.36. The number of aryl methyl sites for hydroxylation is 2. The molecule has 0 aliphatic carbocycles. The van der Waals surface area contributed by atoms with Crippen LogP contribution in [0.4, 0.5) is 0 Å². The molecule has 1 aromatic heterocycles. The first-order valence-corrected chi connectivity index (χ1v) is 10.0. The van der Waals surface area contributed by atoms with Crippen molar-refractivity contribution in [2.24, 2.45) is 0 Å². The van der Waals surface area contributed by atoms with Gasteiger partial charge in [-0.1, -0.05) is 51.5 Å². The Kier molecular flexibility index (Phi) is 12.1. The summed E-state index contributed by atoms with van der Waals surface area (Å²) in [6, 6.07) is 6.42. The van der Waals surface area contributed by atoms with Gasteiger partial charge in [0.15, 0.2) is 11.9 Å². The number of hydrogen-bond donors (Lipinski definition) is 0. The van der Waals surface area contributed by atoms with Crippen molar-refractivity contribution in [2.45, 2.75) is 71.8 Å². The van der Waals surface area contributed by atoms with Crippen LogP contribution in [0, 0.1) is 6.92 Å². The van der Waals surface area contributed by atoms with Gasteiger partial charge in [0, 0.05) is 31.7 Å². The maximum atomic E-state index is 9.08. The first-order valence-electron chi connectivity index (χ1n) is 8.20. The third-order valence-corrected chi connectivity index (χ3v) is 3.42. The van der Waals surface area contributed by atoms with E-state index in [1.807, 2.05) is 0 Å². The molecule has 0 amide bonds. The number of hydrogen-bond acceptors (Lipinski definition) is 3. The van der Waals surface area contributed by atoms with Crippen LogP contribution in [-0.4, -0.2) is 19.2 Å².